The molecule has 0 aromatic heterocycles. The summed E-state index contributed by atoms with van der Waals surface area (Å²) < 4.78 is 52.6. The smallest absolute Gasteiger partial charge is 0.246 e. The van der Waals surface area contributed by atoms with Crippen LogP contribution in [0.4, 0.5) is 14.5 Å². The van der Waals surface area contributed by atoms with Gasteiger partial charge in [-0.3, -0.25) is 0 Å². The van der Waals surface area contributed by atoms with Gasteiger partial charge in [-0.1, -0.05) is 0 Å². The molecular formula is C12H16F2N2O2S. The minimum atomic E-state index is -4.08. The van der Waals surface area contributed by atoms with Crippen LogP contribution in [0.1, 0.15) is 19.8 Å². The van der Waals surface area contributed by atoms with E-state index in [9.17, 15) is 17.2 Å². The number of nitrogens with zero attached hydrogens (tertiary/aromatic N) is 1. The second kappa shape index (κ2) is 4.72. The molecular weight excluding hydrogens is 274 g/mol. The third kappa shape index (κ3) is 2.57. The van der Waals surface area contributed by atoms with Crippen LogP contribution in [-0.2, 0) is 10.0 Å². The summed E-state index contributed by atoms with van der Waals surface area (Å²) in [6.07, 6.45) is 1.91. The fourth-order valence-corrected chi connectivity index (χ4v) is 3.55. The molecule has 1 aromatic carbocycles. The lowest BCUT2D eigenvalue weighted by atomic mass is 10.2. The van der Waals surface area contributed by atoms with E-state index in [1.54, 1.807) is 6.92 Å². The van der Waals surface area contributed by atoms with Crippen LogP contribution in [0.15, 0.2) is 17.0 Å². The van der Waals surface area contributed by atoms with E-state index in [0.717, 1.165) is 29.3 Å². The molecule has 1 aliphatic carbocycles. The lowest BCUT2D eigenvalue weighted by Gasteiger charge is -2.24. The van der Waals surface area contributed by atoms with Gasteiger partial charge in [0.2, 0.25) is 10.0 Å². The molecule has 106 valence electrons. The van der Waals surface area contributed by atoms with Gasteiger partial charge < -0.3 is 5.73 Å². The molecule has 0 amide bonds. The van der Waals surface area contributed by atoms with Crippen molar-refractivity contribution in [2.75, 3.05) is 12.8 Å². The molecule has 2 rings (SSSR count). The highest BCUT2D eigenvalue weighted by atomic mass is 32.2. The Morgan fingerprint density at radius 3 is 2.47 bits per heavy atom. The van der Waals surface area contributed by atoms with E-state index in [-0.39, 0.29) is 17.6 Å². The molecule has 1 fully saturated rings. The van der Waals surface area contributed by atoms with Crippen molar-refractivity contribution in [1.82, 2.24) is 4.31 Å². The van der Waals surface area contributed by atoms with E-state index in [2.05, 4.69) is 0 Å². The number of halogens is 2. The Hall–Kier alpha value is -1.21. The fraction of sp³-hybridized carbons (Fsp3) is 0.500. The topological polar surface area (TPSA) is 63.4 Å². The largest absolute Gasteiger partial charge is 0.399 e. The van der Waals surface area contributed by atoms with Crippen LogP contribution in [0.5, 0.6) is 0 Å². The maximum absolute atomic E-state index is 13.7. The van der Waals surface area contributed by atoms with E-state index in [0.29, 0.717) is 0 Å². The molecule has 0 heterocycles. The van der Waals surface area contributed by atoms with Crippen molar-refractivity contribution in [3.63, 3.8) is 0 Å². The molecule has 4 nitrogen and oxygen atoms in total. The minimum absolute atomic E-state index is 0.120. The molecule has 0 aliphatic heterocycles. The molecule has 1 aromatic rings. The normalized spacial score (nSPS) is 17.7. The first-order valence-electron chi connectivity index (χ1n) is 5.97. The highest BCUT2D eigenvalue weighted by molar-refractivity contribution is 7.89. The van der Waals surface area contributed by atoms with Gasteiger partial charge >= 0.3 is 0 Å². The van der Waals surface area contributed by atoms with Gasteiger partial charge in [-0.05, 0) is 37.8 Å². The average Bonchev–Trinajstić information content (AvgIpc) is 3.15. The summed E-state index contributed by atoms with van der Waals surface area (Å²) in [4.78, 5) is -0.708. The SMILES string of the molecule is CC(C1CC1)N(C)S(=O)(=O)c1cc(N)cc(F)c1F. The van der Waals surface area contributed by atoms with Gasteiger partial charge in [-0.25, -0.2) is 17.2 Å². The maximum Gasteiger partial charge on any atom is 0.246 e. The number of nitrogens with two attached hydrogens (primary N) is 1. The number of rotatable bonds is 4. The van der Waals surface area contributed by atoms with Crippen molar-refractivity contribution in [3.05, 3.63) is 23.8 Å². The lowest BCUT2D eigenvalue weighted by Crippen LogP contribution is -2.37. The number of sulfonamides is 1. The number of anilines is 1. The number of nitrogen functional groups attached to an aromatic ring is 1. The Kier molecular flexibility index (Phi) is 3.53. The van der Waals surface area contributed by atoms with Crippen LogP contribution >= 0.6 is 0 Å². The van der Waals surface area contributed by atoms with Gasteiger partial charge in [0.25, 0.3) is 0 Å². The second-order valence-electron chi connectivity index (χ2n) is 4.91. The predicted molar refractivity (Wildman–Crippen MR) is 67.9 cm³/mol. The van der Waals surface area contributed by atoms with Crippen molar-refractivity contribution in [2.24, 2.45) is 5.92 Å². The molecule has 7 heteroatoms. The van der Waals surface area contributed by atoms with Gasteiger partial charge in [-0.2, -0.15) is 4.31 Å². The number of benzene rings is 1. The van der Waals surface area contributed by atoms with Crippen LogP contribution in [-0.4, -0.2) is 25.8 Å². The first kappa shape index (κ1) is 14.2. The molecule has 1 aliphatic rings. The molecule has 1 saturated carbocycles. The zero-order valence-corrected chi connectivity index (χ0v) is 11.5. The average molecular weight is 290 g/mol. The van der Waals surface area contributed by atoms with E-state index in [1.807, 2.05) is 0 Å². The summed E-state index contributed by atoms with van der Waals surface area (Å²) in [5.41, 5.74) is 5.26. The Morgan fingerprint density at radius 1 is 1.37 bits per heavy atom. The monoisotopic (exact) mass is 290 g/mol. The second-order valence-corrected chi connectivity index (χ2v) is 6.88. The van der Waals surface area contributed by atoms with Gasteiger partial charge in [0.15, 0.2) is 11.6 Å². The molecule has 1 unspecified atom stereocenters. The Bertz CT molecular complexity index is 600. The van der Waals surface area contributed by atoms with Gasteiger partial charge in [0.05, 0.1) is 0 Å². The summed E-state index contributed by atoms with van der Waals surface area (Å²) in [6, 6.07) is 1.47. The van der Waals surface area contributed by atoms with Crippen LogP contribution in [0.2, 0.25) is 0 Å². The quantitative estimate of drug-likeness (QED) is 0.862. The third-order valence-electron chi connectivity index (χ3n) is 3.55. The molecule has 0 radical (unpaired) electrons. The predicted octanol–water partition coefficient (Wildman–Crippen LogP) is 1.97. The summed E-state index contributed by atoms with van der Waals surface area (Å²) in [6.45, 7) is 1.76. The lowest BCUT2D eigenvalue weighted by molar-refractivity contribution is 0.354. The first-order chi connectivity index (χ1) is 8.75. The zero-order valence-electron chi connectivity index (χ0n) is 10.7. The van der Waals surface area contributed by atoms with Crippen molar-refractivity contribution < 1.29 is 17.2 Å². The maximum atomic E-state index is 13.7. The Morgan fingerprint density at radius 2 is 1.95 bits per heavy atom. The highest BCUT2D eigenvalue weighted by Gasteiger charge is 2.37. The first-order valence-corrected chi connectivity index (χ1v) is 7.41. The van der Waals surface area contributed by atoms with E-state index >= 15 is 0 Å². The molecule has 19 heavy (non-hydrogen) atoms. The summed E-state index contributed by atoms with van der Waals surface area (Å²) in [5, 5.41) is 0. The van der Waals surface area contributed by atoms with E-state index in [4.69, 9.17) is 5.73 Å². The molecule has 1 atom stereocenters. The third-order valence-corrected chi connectivity index (χ3v) is 5.50. The fourth-order valence-electron chi connectivity index (χ4n) is 2.02. The zero-order chi connectivity index (χ0) is 14.4. The van der Waals surface area contributed by atoms with Crippen LogP contribution in [0.25, 0.3) is 0 Å². The Labute approximate surface area is 111 Å². The molecule has 2 N–H and O–H groups in total. The molecule has 0 bridgehead atoms. The molecule has 0 saturated heterocycles. The van der Waals surface area contributed by atoms with Crippen LogP contribution in [0, 0.1) is 17.6 Å². The summed E-state index contributed by atoms with van der Waals surface area (Å²) in [5.74, 6) is -2.36. The van der Waals surface area contributed by atoms with Gasteiger partial charge in [0.1, 0.15) is 4.90 Å². The van der Waals surface area contributed by atoms with Crippen molar-refractivity contribution >= 4 is 15.7 Å². The van der Waals surface area contributed by atoms with Crippen LogP contribution in [0.3, 0.4) is 0 Å². The van der Waals surface area contributed by atoms with Crippen molar-refractivity contribution in [1.29, 1.82) is 0 Å². The van der Waals surface area contributed by atoms with Gasteiger partial charge in [0, 0.05) is 18.8 Å². The summed E-state index contributed by atoms with van der Waals surface area (Å²) in [7, 11) is -2.71. The van der Waals surface area contributed by atoms with E-state index in [1.165, 1.54) is 7.05 Å². The van der Waals surface area contributed by atoms with Crippen LogP contribution < -0.4 is 5.73 Å². The van der Waals surface area contributed by atoms with Crippen molar-refractivity contribution in [2.45, 2.75) is 30.7 Å². The standard InChI is InChI=1S/C12H16F2N2O2S/c1-7(8-3-4-8)16(2)19(17,18)11-6-9(15)5-10(13)12(11)14/h5-8H,3-4,15H2,1-2H3. The van der Waals surface area contributed by atoms with Gasteiger partial charge in [-0.15, -0.1) is 0 Å². The number of hydrogen-bond acceptors (Lipinski definition) is 3. The minimum Gasteiger partial charge on any atom is -0.399 e. The summed E-state index contributed by atoms with van der Waals surface area (Å²) >= 11 is 0. The Balaban J connectivity index is 2.44. The number of hydrogen-bond donors (Lipinski definition) is 1. The highest BCUT2D eigenvalue weighted by Crippen LogP contribution is 2.37. The van der Waals surface area contributed by atoms with E-state index < -0.39 is 26.6 Å². The van der Waals surface area contributed by atoms with Crippen molar-refractivity contribution in [3.8, 4) is 0 Å². The molecule has 0 spiro atoms.